The average Bonchev–Trinajstić information content (AvgIpc) is 2.59. The second kappa shape index (κ2) is 7.12. The highest BCUT2D eigenvalue weighted by Crippen LogP contribution is 2.19. The highest BCUT2D eigenvalue weighted by atomic mass is 16.2. The first-order valence-corrected chi connectivity index (χ1v) is 8.76. The molecular weight excluding hydrogens is 326 g/mol. The van der Waals surface area contributed by atoms with Gasteiger partial charge in [0.15, 0.2) is 0 Å². The number of aromatic nitrogens is 2. The van der Waals surface area contributed by atoms with E-state index in [1.165, 1.54) is 4.68 Å². The van der Waals surface area contributed by atoms with Crippen molar-refractivity contribution in [2.75, 3.05) is 11.4 Å². The zero-order valence-corrected chi connectivity index (χ0v) is 15.6. The third-order valence-corrected chi connectivity index (χ3v) is 4.47. The Bertz CT molecular complexity index is 1020. The van der Waals surface area contributed by atoms with Crippen LogP contribution in [0.3, 0.4) is 0 Å². The largest absolute Gasteiger partial charge is 0.311 e. The third kappa shape index (κ3) is 3.38. The second-order valence-electron chi connectivity index (χ2n) is 6.58. The van der Waals surface area contributed by atoms with E-state index in [1.807, 2.05) is 58.0 Å². The van der Waals surface area contributed by atoms with Crippen LogP contribution in [0.2, 0.25) is 0 Å². The Morgan fingerprint density at radius 1 is 1.04 bits per heavy atom. The predicted molar refractivity (Wildman–Crippen MR) is 105 cm³/mol. The summed E-state index contributed by atoms with van der Waals surface area (Å²) < 4.78 is 1.27. The molecule has 0 unspecified atom stereocenters. The van der Waals surface area contributed by atoms with Crippen molar-refractivity contribution in [1.29, 1.82) is 0 Å². The first-order chi connectivity index (χ1) is 12.4. The molecule has 0 saturated carbocycles. The van der Waals surface area contributed by atoms with Gasteiger partial charge in [-0.1, -0.05) is 24.3 Å². The molecule has 26 heavy (non-hydrogen) atoms. The van der Waals surface area contributed by atoms with Crippen LogP contribution in [-0.4, -0.2) is 22.2 Å². The minimum Gasteiger partial charge on any atom is -0.311 e. The Balaban J connectivity index is 1.97. The van der Waals surface area contributed by atoms with Gasteiger partial charge < -0.3 is 4.90 Å². The van der Waals surface area contributed by atoms with Gasteiger partial charge in [0.25, 0.3) is 5.56 Å². The van der Waals surface area contributed by atoms with Crippen molar-refractivity contribution < 1.29 is 4.79 Å². The fourth-order valence-electron chi connectivity index (χ4n) is 3.33. The molecule has 5 nitrogen and oxygen atoms in total. The van der Waals surface area contributed by atoms with Gasteiger partial charge in [0, 0.05) is 17.6 Å². The SMILES string of the molecule is CCN(C(=O)Cn1nc(C)c2ccccc2c1=O)c1cc(C)cc(C)c1. The molecule has 0 fully saturated rings. The number of hydrogen-bond donors (Lipinski definition) is 0. The molecule has 0 aliphatic carbocycles. The average molecular weight is 349 g/mol. The van der Waals surface area contributed by atoms with Crippen molar-refractivity contribution in [3.05, 3.63) is 69.6 Å². The van der Waals surface area contributed by atoms with Gasteiger partial charge in [0.05, 0.1) is 11.1 Å². The summed E-state index contributed by atoms with van der Waals surface area (Å²) in [6.45, 7) is 8.25. The lowest BCUT2D eigenvalue weighted by Gasteiger charge is -2.22. The molecule has 5 heteroatoms. The van der Waals surface area contributed by atoms with E-state index in [-0.39, 0.29) is 18.0 Å². The smallest absolute Gasteiger partial charge is 0.275 e. The number of aryl methyl sites for hydroxylation is 3. The van der Waals surface area contributed by atoms with Gasteiger partial charge >= 0.3 is 0 Å². The van der Waals surface area contributed by atoms with Gasteiger partial charge in [-0.3, -0.25) is 9.59 Å². The number of benzene rings is 2. The predicted octanol–water partition coefficient (Wildman–Crippen LogP) is 3.37. The highest BCUT2D eigenvalue weighted by molar-refractivity contribution is 5.93. The van der Waals surface area contributed by atoms with Gasteiger partial charge in [0.2, 0.25) is 5.91 Å². The molecule has 1 aromatic heterocycles. The Kier molecular flexibility index (Phi) is 4.89. The van der Waals surface area contributed by atoms with Crippen molar-refractivity contribution in [2.24, 2.45) is 0 Å². The fraction of sp³-hybridized carbons (Fsp3) is 0.286. The molecule has 134 valence electrons. The quantitative estimate of drug-likeness (QED) is 0.726. The molecular formula is C21H23N3O2. The van der Waals surface area contributed by atoms with E-state index in [0.29, 0.717) is 11.9 Å². The van der Waals surface area contributed by atoms with Gasteiger partial charge in [-0.2, -0.15) is 5.10 Å². The van der Waals surface area contributed by atoms with E-state index in [9.17, 15) is 9.59 Å². The van der Waals surface area contributed by atoms with Crippen LogP contribution in [0.4, 0.5) is 5.69 Å². The maximum absolute atomic E-state index is 12.9. The summed E-state index contributed by atoms with van der Waals surface area (Å²) in [4.78, 5) is 27.3. The van der Waals surface area contributed by atoms with Gasteiger partial charge in [0.1, 0.15) is 6.54 Å². The molecule has 2 aromatic carbocycles. The van der Waals surface area contributed by atoms with E-state index in [0.717, 1.165) is 27.9 Å². The van der Waals surface area contributed by atoms with E-state index in [4.69, 9.17) is 0 Å². The molecule has 0 bridgehead atoms. The zero-order valence-electron chi connectivity index (χ0n) is 15.6. The van der Waals surface area contributed by atoms with Crippen molar-refractivity contribution in [1.82, 2.24) is 9.78 Å². The topological polar surface area (TPSA) is 55.2 Å². The summed E-state index contributed by atoms with van der Waals surface area (Å²) in [6.07, 6.45) is 0. The van der Waals surface area contributed by atoms with Gasteiger partial charge in [-0.05, 0) is 57.0 Å². The van der Waals surface area contributed by atoms with E-state index in [2.05, 4.69) is 11.2 Å². The molecule has 0 radical (unpaired) electrons. The van der Waals surface area contributed by atoms with E-state index in [1.54, 1.807) is 11.0 Å². The van der Waals surface area contributed by atoms with Crippen molar-refractivity contribution >= 4 is 22.4 Å². The van der Waals surface area contributed by atoms with Crippen LogP contribution in [-0.2, 0) is 11.3 Å². The molecule has 3 rings (SSSR count). The van der Waals surface area contributed by atoms with Crippen LogP contribution < -0.4 is 10.5 Å². The van der Waals surface area contributed by atoms with E-state index < -0.39 is 0 Å². The fourth-order valence-corrected chi connectivity index (χ4v) is 3.33. The van der Waals surface area contributed by atoms with Crippen LogP contribution in [0.25, 0.3) is 10.8 Å². The number of carbonyl (C=O) groups excluding carboxylic acids is 1. The lowest BCUT2D eigenvalue weighted by molar-refractivity contribution is -0.119. The van der Waals surface area contributed by atoms with Crippen LogP contribution in [0.1, 0.15) is 23.7 Å². The number of fused-ring (bicyclic) bond motifs is 1. The van der Waals surface area contributed by atoms with Crippen LogP contribution in [0.15, 0.2) is 47.3 Å². The summed E-state index contributed by atoms with van der Waals surface area (Å²) in [5.41, 5.74) is 3.55. The summed E-state index contributed by atoms with van der Waals surface area (Å²) in [5, 5.41) is 5.75. The molecule has 0 N–H and O–H groups in total. The Morgan fingerprint density at radius 2 is 1.65 bits per heavy atom. The van der Waals surface area contributed by atoms with Crippen molar-refractivity contribution in [3.8, 4) is 0 Å². The molecule has 3 aromatic rings. The zero-order chi connectivity index (χ0) is 18.8. The Morgan fingerprint density at radius 3 is 2.27 bits per heavy atom. The number of amides is 1. The summed E-state index contributed by atoms with van der Waals surface area (Å²) in [7, 11) is 0. The standard InChI is InChI=1S/C21H23N3O2/c1-5-23(17-11-14(2)10-15(3)12-17)20(25)13-24-21(26)19-9-7-6-8-18(19)16(4)22-24/h6-12H,5,13H2,1-4H3. The van der Waals surface area contributed by atoms with Gasteiger partial charge in [-0.15, -0.1) is 0 Å². The van der Waals surface area contributed by atoms with Crippen molar-refractivity contribution in [2.45, 2.75) is 34.2 Å². The first kappa shape index (κ1) is 17.9. The number of anilines is 1. The number of nitrogens with zero attached hydrogens (tertiary/aromatic N) is 3. The Hall–Kier alpha value is -2.95. The normalized spacial score (nSPS) is 10.9. The summed E-state index contributed by atoms with van der Waals surface area (Å²) in [6, 6.07) is 13.4. The van der Waals surface area contributed by atoms with Crippen molar-refractivity contribution in [3.63, 3.8) is 0 Å². The number of carbonyl (C=O) groups is 1. The maximum atomic E-state index is 12.9. The molecule has 0 saturated heterocycles. The molecule has 1 heterocycles. The molecule has 0 aliphatic heterocycles. The maximum Gasteiger partial charge on any atom is 0.275 e. The Labute approximate surface area is 152 Å². The third-order valence-electron chi connectivity index (χ3n) is 4.47. The minimum absolute atomic E-state index is 0.0780. The molecule has 1 amide bonds. The second-order valence-corrected chi connectivity index (χ2v) is 6.58. The number of hydrogen-bond acceptors (Lipinski definition) is 3. The number of likely N-dealkylation sites (N-methyl/N-ethyl adjacent to an activating group) is 1. The first-order valence-electron chi connectivity index (χ1n) is 8.76. The monoisotopic (exact) mass is 349 g/mol. The molecule has 0 atom stereocenters. The highest BCUT2D eigenvalue weighted by Gasteiger charge is 2.17. The lowest BCUT2D eigenvalue weighted by Crippen LogP contribution is -2.37. The summed E-state index contributed by atoms with van der Waals surface area (Å²) >= 11 is 0. The van der Waals surface area contributed by atoms with Crippen LogP contribution in [0, 0.1) is 20.8 Å². The minimum atomic E-state index is -0.240. The van der Waals surface area contributed by atoms with Gasteiger partial charge in [-0.25, -0.2) is 4.68 Å². The number of rotatable bonds is 4. The molecule has 0 spiro atoms. The lowest BCUT2D eigenvalue weighted by atomic mass is 10.1. The van der Waals surface area contributed by atoms with Crippen LogP contribution >= 0.6 is 0 Å². The van der Waals surface area contributed by atoms with E-state index >= 15 is 0 Å². The molecule has 0 aliphatic rings. The van der Waals surface area contributed by atoms with Crippen LogP contribution in [0.5, 0.6) is 0 Å². The summed E-state index contributed by atoms with van der Waals surface area (Å²) in [5.74, 6) is -0.151.